The predicted molar refractivity (Wildman–Crippen MR) is 83.7 cm³/mol. The molecule has 2 heterocycles. The first-order valence-corrected chi connectivity index (χ1v) is 7.68. The molecule has 7 heteroatoms. The molecule has 0 unspecified atom stereocenters. The van der Waals surface area contributed by atoms with Crippen LogP contribution in [0.5, 0.6) is 0 Å². The number of aromatic nitrogens is 2. The van der Waals surface area contributed by atoms with E-state index in [1.54, 1.807) is 0 Å². The Morgan fingerprint density at radius 1 is 1.52 bits per heavy atom. The number of fused-ring (bicyclic) bond motifs is 1. The Kier molecular flexibility index (Phi) is 4.38. The minimum Gasteiger partial charge on any atom is -0.378 e. The van der Waals surface area contributed by atoms with Crippen LogP contribution in [0.3, 0.4) is 0 Å². The van der Waals surface area contributed by atoms with E-state index in [0.717, 1.165) is 12.5 Å². The largest absolute Gasteiger partial charge is 0.378 e. The zero-order valence-electron chi connectivity index (χ0n) is 12.8. The average molecular weight is 319 g/mol. The number of halogens is 1. The number of H-pyrrole nitrogens is 1. The molecule has 0 saturated carbocycles. The third-order valence-corrected chi connectivity index (χ3v) is 4.18. The Morgan fingerprint density at radius 3 is 3.13 bits per heavy atom. The summed E-state index contributed by atoms with van der Waals surface area (Å²) in [5.74, 6) is -1.07. The van der Waals surface area contributed by atoms with Crippen LogP contribution in [0.4, 0.5) is 10.1 Å². The minimum atomic E-state index is -0.608. The Bertz CT molecular complexity index is 790. The fourth-order valence-electron chi connectivity index (χ4n) is 2.82. The lowest BCUT2D eigenvalue weighted by molar-refractivity contribution is -0.124. The highest BCUT2D eigenvalue weighted by molar-refractivity contribution is 5.95. The third kappa shape index (κ3) is 3.24. The van der Waals surface area contributed by atoms with Crippen LogP contribution in [-0.2, 0) is 9.53 Å². The van der Waals surface area contributed by atoms with E-state index in [9.17, 15) is 14.0 Å². The standard InChI is InChI=1S/C16H18FN3O3/c1-2-10-5-9(3-4-23-10)15(21)20-14-6-11-13(7-12(14)17)18-8-19-16(11)22/h6-10H,2-5H2,1H3,(H,20,21)(H,18,19,22)/t9-,10+/m0/s1. The Hall–Kier alpha value is -2.28. The summed E-state index contributed by atoms with van der Waals surface area (Å²) in [6, 6.07) is 2.48. The summed E-state index contributed by atoms with van der Waals surface area (Å²) in [6.45, 7) is 2.54. The van der Waals surface area contributed by atoms with Gasteiger partial charge in [-0.3, -0.25) is 9.59 Å². The molecule has 2 aromatic rings. The minimum absolute atomic E-state index is 0.000500. The summed E-state index contributed by atoms with van der Waals surface area (Å²) >= 11 is 0. The second-order valence-electron chi connectivity index (χ2n) is 5.69. The molecule has 0 bridgehead atoms. The lowest BCUT2D eigenvalue weighted by Crippen LogP contribution is -2.33. The molecule has 1 fully saturated rings. The maximum absolute atomic E-state index is 14.1. The van der Waals surface area contributed by atoms with Crippen LogP contribution in [0.1, 0.15) is 26.2 Å². The van der Waals surface area contributed by atoms with Crippen LogP contribution in [0.25, 0.3) is 10.9 Å². The van der Waals surface area contributed by atoms with Gasteiger partial charge in [0, 0.05) is 18.6 Å². The number of carbonyl (C=O) groups is 1. The fourth-order valence-corrected chi connectivity index (χ4v) is 2.82. The van der Waals surface area contributed by atoms with Gasteiger partial charge in [0.25, 0.3) is 5.56 Å². The monoisotopic (exact) mass is 319 g/mol. The van der Waals surface area contributed by atoms with Crippen LogP contribution in [0.15, 0.2) is 23.3 Å². The number of nitrogens with zero attached hydrogens (tertiary/aromatic N) is 1. The molecule has 0 radical (unpaired) electrons. The number of ether oxygens (including phenoxy) is 1. The molecule has 3 rings (SSSR count). The first-order valence-electron chi connectivity index (χ1n) is 7.68. The van der Waals surface area contributed by atoms with Crippen LogP contribution >= 0.6 is 0 Å². The van der Waals surface area contributed by atoms with Crippen molar-refractivity contribution in [2.45, 2.75) is 32.3 Å². The number of rotatable bonds is 3. The summed E-state index contributed by atoms with van der Waals surface area (Å²) in [7, 11) is 0. The summed E-state index contributed by atoms with van der Waals surface area (Å²) in [6.07, 6.45) is 3.36. The Morgan fingerprint density at radius 2 is 2.35 bits per heavy atom. The van der Waals surface area contributed by atoms with Gasteiger partial charge < -0.3 is 15.0 Å². The molecule has 23 heavy (non-hydrogen) atoms. The summed E-state index contributed by atoms with van der Waals surface area (Å²) in [5, 5.41) is 2.83. The maximum atomic E-state index is 14.1. The van der Waals surface area contributed by atoms with Gasteiger partial charge in [-0.1, -0.05) is 6.92 Å². The number of hydrogen-bond donors (Lipinski definition) is 2. The number of anilines is 1. The number of amides is 1. The van der Waals surface area contributed by atoms with Crippen molar-refractivity contribution in [3.8, 4) is 0 Å². The Balaban J connectivity index is 1.83. The zero-order valence-corrected chi connectivity index (χ0v) is 12.8. The fraction of sp³-hybridized carbons (Fsp3) is 0.438. The first-order chi connectivity index (χ1) is 11.1. The van der Waals surface area contributed by atoms with Gasteiger partial charge in [0.1, 0.15) is 5.82 Å². The summed E-state index contributed by atoms with van der Waals surface area (Å²) < 4.78 is 19.7. The van der Waals surface area contributed by atoms with Gasteiger partial charge in [0.15, 0.2) is 0 Å². The van der Waals surface area contributed by atoms with Crippen molar-refractivity contribution in [3.63, 3.8) is 0 Å². The van der Waals surface area contributed by atoms with Crippen LogP contribution in [0.2, 0.25) is 0 Å². The summed E-state index contributed by atoms with van der Waals surface area (Å²) in [4.78, 5) is 30.5. The van der Waals surface area contributed by atoms with Crippen molar-refractivity contribution in [2.75, 3.05) is 11.9 Å². The zero-order chi connectivity index (χ0) is 16.4. The molecular weight excluding hydrogens is 301 g/mol. The second-order valence-corrected chi connectivity index (χ2v) is 5.69. The highest BCUT2D eigenvalue weighted by atomic mass is 19.1. The first kappa shape index (κ1) is 15.6. The van der Waals surface area contributed by atoms with Gasteiger partial charge in [-0.15, -0.1) is 0 Å². The molecule has 1 amide bonds. The molecule has 2 atom stereocenters. The molecular formula is C16H18FN3O3. The van der Waals surface area contributed by atoms with Crippen molar-refractivity contribution >= 4 is 22.5 Å². The molecule has 1 aromatic carbocycles. The van der Waals surface area contributed by atoms with Gasteiger partial charge in [-0.25, -0.2) is 9.37 Å². The SMILES string of the molecule is CC[C@@H]1C[C@@H](C(=O)Nc2cc3c(=O)[nH]cnc3cc2F)CCO1. The number of aromatic amines is 1. The van der Waals surface area contributed by atoms with Gasteiger partial charge in [0.2, 0.25) is 5.91 Å². The average Bonchev–Trinajstić information content (AvgIpc) is 2.56. The molecule has 1 aliphatic heterocycles. The van der Waals surface area contributed by atoms with E-state index in [1.807, 2.05) is 6.92 Å². The highest BCUT2D eigenvalue weighted by Crippen LogP contribution is 2.25. The van der Waals surface area contributed by atoms with E-state index in [1.165, 1.54) is 12.4 Å². The van der Waals surface area contributed by atoms with E-state index in [2.05, 4.69) is 15.3 Å². The second kappa shape index (κ2) is 6.45. The number of nitrogens with one attached hydrogen (secondary N) is 2. The predicted octanol–water partition coefficient (Wildman–Crippen LogP) is 2.21. The lowest BCUT2D eigenvalue weighted by atomic mass is 9.93. The van der Waals surface area contributed by atoms with Crippen molar-refractivity contribution in [1.29, 1.82) is 0 Å². The molecule has 1 aliphatic rings. The number of hydrogen-bond acceptors (Lipinski definition) is 4. The van der Waals surface area contributed by atoms with Crippen molar-refractivity contribution in [2.24, 2.45) is 5.92 Å². The molecule has 122 valence electrons. The van der Waals surface area contributed by atoms with E-state index in [0.29, 0.717) is 19.4 Å². The molecule has 0 aliphatic carbocycles. The molecule has 2 N–H and O–H groups in total. The lowest BCUT2D eigenvalue weighted by Gasteiger charge is -2.28. The van der Waals surface area contributed by atoms with Gasteiger partial charge in [-0.2, -0.15) is 0 Å². The van der Waals surface area contributed by atoms with Crippen molar-refractivity contribution < 1.29 is 13.9 Å². The van der Waals surface area contributed by atoms with E-state index in [-0.39, 0.29) is 40.1 Å². The Labute approximate surface area is 132 Å². The normalized spacial score (nSPS) is 21.3. The van der Waals surface area contributed by atoms with Crippen LogP contribution in [0, 0.1) is 11.7 Å². The maximum Gasteiger partial charge on any atom is 0.258 e. The van der Waals surface area contributed by atoms with E-state index < -0.39 is 5.82 Å². The van der Waals surface area contributed by atoms with E-state index in [4.69, 9.17) is 4.74 Å². The third-order valence-electron chi connectivity index (χ3n) is 4.18. The van der Waals surface area contributed by atoms with Gasteiger partial charge in [0.05, 0.1) is 29.0 Å². The molecule has 0 spiro atoms. The molecule has 1 saturated heterocycles. The van der Waals surface area contributed by atoms with Crippen molar-refractivity contribution in [3.05, 3.63) is 34.6 Å². The number of carbonyl (C=O) groups excluding carboxylic acids is 1. The topological polar surface area (TPSA) is 84.1 Å². The van der Waals surface area contributed by atoms with Gasteiger partial charge >= 0.3 is 0 Å². The van der Waals surface area contributed by atoms with Crippen molar-refractivity contribution in [1.82, 2.24) is 9.97 Å². The van der Waals surface area contributed by atoms with Gasteiger partial charge in [-0.05, 0) is 25.3 Å². The molecule has 6 nitrogen and oxygen atoms in total. The molecule has 1 aromatic heterocycles. The number of benzene rings is 1. The summed E-state index contributed by atoms with van der Waals surface area (Å²) in [5.41, 5.74) is -0.121. The highest BCUT2D eigenvalue weighted by Gasteiger charge is 2.27. The van der Waals surface area contributed by atoms with Crippen LogP contribution < -0.4 is 10.9 Å². The smallest absolute Gasteiger partial charge is 0.258 e. The van der Waals surface area contributed by atoms with E-state index >= 15 is 0 Å². The van der Waals surface area contributed by atoms with Crippen LogP contribution in [-0.4, -0.2) is 28.6 Å². The quantitative estimate of drug-likeness (QED) is 0.908.